The van der Waals surface area contributed by atoms with Crippen molar-refractivity contribution in [1.82, 2.24) is 4.98 Å². The van der Waals surface area contributed by atoms with Crippen LogP contribution < -0.4 is 5.73 Å². The van der Waals surface area contributed by atoms with Gasteiger partial charge < -0.3 is 20.7 Å². The van der Waals surface area contributed by atoms with Crippen LogP contribution in [-0.4, -0.2) is 34.9 Å². The fourth-order valence-corrected chi connectivity index (χ4v) is 1.73. The van der Waals surface area contributed by atoms with Crippen LogP contribution in [-0.2, 0) is 9.53 Å². The van der Waals surface area contributed by atoms with Crippen molar-refractivity contribution >= 4 is 5.97 Å². The summed E-state index contributed by atoms with van der Waals surface area (Å²) in [7, 11) is 1.45. The molecule has 8 heteroatoms. The molecule has 0 saturated carbocycles. The van der Waals surface area contributed by atoms with Gasteiger partial charge in [0.2, 0.25) is 0 Å². The average Bonchev–Trinajstić information content (AvgIpc) is 2.55. The summed E-state index contributed by atoms with van der Waals surface area (Å²) in [4.78, 5) is 13.8. The second-order valence-electron chi connectivity index (χ2n) is 4.73. The first-order chi connectivity index (χ1) is 11.4. The summed E-state index contributed by atoms with van der Waals surface area (Å²) in [5, 5.41) is 17.4. The van der Waals surface area contributed by atoms with Crippen LogP contribution in [0.1, 0.15) is 23.4 Å². The predicted octanol–water partition coefficient (Wildman–Crippen LogP) is 1.81. The van der Waals surface area contributed by atoms with Crippen LogP contribution >= 0.6 is 0 Å². The third-order valence-corrected chi connectivity index (χ3v) is 2.88. The van der Waals surface area contributed by atoms with Gasteiger partial charge in [0.05, 0.1) is 24.5 Å². The first-order valence-corrected chi connectivity index (χ1v) is 6.88. The quantitative estimate of drug-likeness (QED) is 0.766. The first kappa shape index (κ1) is 19.6. The maximum atomic E-state index is 13.0. The van der Waals surface area contributed by atoms with Gasteiger partial charge in [-0.15, -0.1) is 0 Å². The van der Waals surface area contributed by atoms with Crippen molar-refractivity contribution in [3.05, 3.63) is 65.5 Å². The number of carboxylic acid groups (broad SMARTS) is 1. The zero-order valence-electron chi connectivity index (χ0n) is 12.9. The smallest absolute Gasteiger partial charge is 0.337 e. The van der Waals surface area contributed by atoms with Gasteiger partial charge in [-0.2, -0.15) is 0 Å². The Morgan fingerprint density at radius 2 is 1.96 bits per heavy atom. The number of halogens is 2. The number of methoxy groups -OCH3 is 1. The van der Waals surface area contributed by atoms with Crippen LogP contribution in [0.3, 0.4) is 0 Å². The number of aromatic nitrogens is 1. The van der Waals surface area contributed by atoms with Gasteiger partial charge >= 0.3 is 5.97 Å². The van der Waals surface area contributed by atoms with E-state index in [1.807, 2.05) is 0 Å². The third-order valence-electron chi connectivity index (χ3n) is 2.88. The average molecular weight is 340 g/mol. The number of rotatable bonds is 5. The number of aliphatic hydroxyl groups excluding tert-OH is 1. The van der Waals surface area contributed by atoms with Crippen molar-refractivity contribution in [1.29, 1.82) is 0 Å². The minimum atomic E-state index is -1.41. The second-order valence-corrected chi connectivity index (χ2v) is 4.73. The van der Waals surface area contributed by atoms with Crippen LogP contribution in [0.4, 0.5) is 8.78 Å². The highest BCUT2D eigenvalue weighted by molar-refractivity contribution is 5.73. The zero-order valence-corrected chi connectivity index (χ0v) is 12.9. The van der Waals surface area contributed by atoms with Gasteiger partial charge in [-0.25, -0.2) is 13.6 Å². The van der Waals surface area contributed by atoms with E-state index in [-0.39, 0.29) is 12.3 Å². The Morgan fingerprint density at radius 3 is 2.46 bits per heavy atom. The second kappa shape index (κ2) is 9.66. The Labute approximate surface area is 137 Å². The number of hydrogen-bond acceptors (Lipinski definition) is 5. The summed E-state index contributed by atoms with van der Waals surface area (Å²) in [6, 6.07) is 8.35. The minimum Gasteiger partial charge on any atom is -0.479 e. The van der Waals surface area contributed by atoms with E-state index in [9.17, 15) is 13.6 Å². The van der Waals surface area contributed by atoms with Gasteiger partial charge in [0.15, 0.2) is 6.10 Å². The van der Waals surface area contributed by atoms with Gasteiger partial charge in [0.25, 0.3) is 0 Å². The molecular weight excluding hydrogens is 322 g/mol. The van der Waals surface area contributed by atoms with E-state index in [2.05, 4.69) is 4.98 Å². The van der Waals surface area contributed by atoms with Crippen LogP contribution in [0.25, 0.3) is 0 Å². The van der Waals surface area contributed by atoms with Gasteiger partial charge in [0.1, 0.15) is 11.6 Å². The summed E-state index contributed by atoms with van der Waals surface area (Å²) >= 11 is 0. The normalized spacial score (nSPS) is 12.7. The molecule has 0 bridgehead atoms. The lowest BCUT2D eigenvalue weighted by Crippen LogP contribution is -2.19. The molecule has 0 aliphatic heterocycles. The monoisotopic (exact) mass is 340 g/mol. The molecule has 0 unspecified atom stereocenters. The molecule has 2 aromatic rings. The summed E-state index contributed by atoms with van der Waals surface area (Å²) in [6.45, 7) is 0.148. The van der Waals surface area contributed by atoms with Crippen LogP contribution in [0, 0.1) is 11.6 Å². The molecular formula is C16H18F2N2O4. The first-order valence-electron chi connectivity index (χ1n) is 6.88. The van der Waals surface area contributed by atoms with Crippen LogP contribution in [0.5, 0.6) is 0 Å². The number of benzene rings is 1. The largest absolute Gasteiger partial charge is 0.479 e. The number of ether oxygens (including phenoxy) is 1. The van der Waals surface area contributed by atoms with E-state index < -0.39 is 29.7 Å². The Kier molecular flexibility index (Phi) is 7.90. The molecule has 0 amide bonds. The highest BCUT2D eigenvalue weighted by Gasteiger charge is 2.14. The molecule has 1 heterocycles. The SMILES string of the molecule is COC[C@H](N)c1ncc(F)cc1F.O=C(O)[C@H](O)c1ccccc1. The number of carbonyl (C=O) groups is 1. The van der Waals surface area contributed by atoms with E-state index in [0.717, 1.165) is 12.3 Å². The highest BCUT2D eigenvalue weighted by atomic mass is 19.1. The Balaban J connectivity index is 0.000000243. The number of aliphatic carboxylic acids is 1. The molecule has 0 radical (unpaired) electrons. The fourth-order valence-electron chi connectivity index (χ4n) is 1.73. The summed E-state index contributed by atoms with van der Waals surface area (Å²) < 4.78 is 30.1. The van der Waals surface area contributed by atoms with E-state index >= 15 is 0 Å². The summed E-state index contributed by atoms with van der Waals surface area (Å²) in [5.41, 5.74) is 5.93. The lowest BCUT2D eigenvalue weighted by atomic mass is 10.1. The molecule has 1 aromatic heterocycles. The molecule has 130 valence electrons. The number of aliphatic hydroxyl groups is 1. The predicted molar refractivity (Wildman–Crippen MR) is 82.0 cm³/mol. The van der Waals surface area contributed by atoms with Crippen molar-refractivity contribution in [3.8, 4) is 0 Å². The zero-order chi connectivity index (χ0) is 18.1. The van der Waals surface area contributed by atoms with Gasteiger partial charge in [-0.3, -0.25) is 4.98 Å². The van der Waals surface area contributed by atoms with Crippen molar-refractivity contribution in [2.45, 2.75) is 12.1 Å². The van der Waals surface area contributed by atoms with Crippen molar-refractivity contribution < 1.29 is 28.5 Å². The maximum Gasteiger partial charge on any atom is 0.337 e. The molecule has 0 saturated heterocycles. The third kappa shape index (κ3) is 5.99. The van der Waals surface area contributed by atoms with E-state index in [1.165, 1.54) is 7.11 Å². The lowest BCUT2D eigenvalue weighted by molar-refractivity contribution is -0.146. The van der Waals surface area contributed by atoms with Crippen molar-refractivity contribution in [2.75, 3.05) is 13.7 Å². The Hall–Kier alpha value is -2.42. The number of nitrogens with zero attached hydrogens (tertiary/aromatic N) is 1. The van der Waals surface area contributed by atoms with E-state index in [1.54, 1.807) is 30.3 Å². The minimum absolute atomic E-state index is 0.0169. The van der Waals surface area contributed by atoms with Crippen LogP contribution in [0.15, 0.2) is 42.6 Å². The van der Waals surface area contributed by atoms with Gasteiger partial charge in [0, 0.05) is 13.2 Å². The maximum absolute atomic E-state index is 13.0. The highest BCUT2D eigenvalue weighted by Crippen LogP contribution is 2.13. The molecule has 0 aliphatic carbocycles. The topological polar surface area (TPSA) is 106 Å². The number of hydrogen-bond donors (Lipinski definition) is 3. The standard InChI is InChI=1S/C8H10F2N2O.C8H8O3/c1-13-4-7(11)8-6(10)2-5(9)3-12-8;9-7(8(10)11)6-4-2-1-3-5-6/h2-3,7H,4,11H2,1H3;1-5,7,9H,(H,10,11)/t2*7-/m01/s1. The molecule has 0 aliphatic rings. The lowest BCUT2D eigenvalue weighted by Gasteiger charge is -2.09. The molecule has 6 nitrogen and oxygen atoms in total. The molecule has 2 atom stereocenters. The number of nitrogens with two attached hydrogens (primary N) is 1. The van der Waals surface area contributed by atoms with Crippen molar-refractivity contribution in [3.63, 3.8) is 0 Å². The van der Waals surface area contributed by atoms with E-state index in [0.29, 0.717) is 5.56 Å². The molecule has 24 heavy (non-hydrogen) atoms. The summed E-state index contributed by atoms with van der Waals surface area (Å²) in [6.07, 6.45) is -0.482. The number of carboxylic acids is 1. The fraction of sp³-hybridized carbons (Fsp3) is 0.250. The molecule has 0 fully saturated rings. The van der Waals surface area contributed by atoms with Crippen molar-refractivity contribution in [2.24, 2.45) is 5.73 Å². The molecule has 4 N–H and O–H groups in total. The van der Waals surface area contributed by atoms with Crippen LogP contribution in [0.2, 0.25) is 0 Å². The van der Waals surface area contributed by atoms with Gasteiger partial charge in [-0.1, -0.05) is 30.3 Å². The van der Waals surface area contributed by atoms with E-state index in [4.69, 9.17) is 20.7 Å². The Morgan fingerprint density at radius 1 is 1.33 bits per heavy atom. The molecule has 0 spiro atoms. The molecule has 2 rings (SSSR count). The summed E-state index contributed by atoms with van der Waals surface area (Å²) in [5.74, 6) is -2.69. The number of pyridine rings is 1. The van der Waals surface area contributed by atoms with Gasteiger partial charge in [-0.05, 0) is 5.56 Å². The molecule has 1 aromatic carbocycles. The Bertz CT molecular complexity index is 656.